The van der Waals surface area contributed by atoms with Gasteiger partial charge in [0.1, 0.15) is 5.01 Å². The highest BCUT2D eigenvalue weighted by Crippen LogP contribution is 2.22. The number of carbonyl (C=O) groups is 1. The van der Waals surface area contributed by atoms with Crippen LogP contribution in [0.15, 0.2) is 29.9 Å². The minimum Gasteiger partial charge on any atom is -0.350 e. The van der Waals surface area contributed by atoms with Crippen LogP contribution in [0.2, 0.25) is 0 Å². The Bertz CT molecular complexity index is 522. The van der Waals surface area contributed by atoms with Crippen LogP contribution >= 0.6 is 11.3 Å². The number of amides is 1. The third-order valence-corrected chi connectivity index (χ3v) is 3.37. The van der Waals surface area contributed by atoms with E-state index >= 15 is 0 Å². The Morgan fingerprint density at radius 3 is 3.00 bits per heavy atom. The maximum absolute atomic E-state index is 11.4. The largest absolute Gasteiger partial charge is 0.350 e. The molecule has 0 aliphatic rings. The third-order valence-electron chi connectivity index (χ3n) is 2.43. The summed E-state index contributed by atoms with van der Waals surface area (Å²) in [6, 6.07) is 3.86. The molecule has 0 aliphatic carbocycles. The minimum atomic E-state index is 0.00132. The third kappa shape index (κ3) is 3.13. The highest BCUT2D eigenvalue weighted by molar-refractivity contribution is 7.13. The van der Waals surface area contributed by atoms with Crippen molar-refractivity contribution in [2.45, 2.75) is 20.4 Å². The lowest BCUT2D eigenvalue weighted by Gasteiger charge is -2.05. The number of aromatic nitrogens is 2. The Morgan fingerprint density at radius 2 is 2.33 bits per heavy atom. The zero-order valence-electron chi connectivity index (χ0n) is 10.4. The van der Waals surface area contributed by atoms with Crippen LogP contribution in [0.4, 0.5) is 0 Å². The van der Waals surface area contributed by atoms with Gasteiger partial charge in [-0.3, -0.25) is 9.78 Å². The van der Waals surface area contributed by atoms with Gasteiger partial charge in [-0.15, -0.1) is 11.3 Å². The molecule has 1 N–H and O–H groups in total. The summed E-state index contributed by atoms with van der Waals surface area (Å²) in [6.45, 7) is 4.22. The summed E-state index contributed by atoms with van der Waals surface area (Å²) < 4.78 is 0. The van der Waals surface area contributed by atoms with Crippen molar-refractivity contribution in [3.63, 3.8) is 0 Å². The topological polar surface area (TPSA) is 54.9 Å². The molecular formula is C13H15N3OS. The zero-order valence-corrected chi connectivity index (χ0v) is 11.2. The first-order chi connectivity index (χ1) is 8.66. The van der Waals surface area contributed by atoms with E-state index in [1.165, 1.54) is 0 Å². The van der Waals surface area contributed by atoms with Gasteiger partial charge in [-0.1, -0.05) is 13.8 Å². The molecule has 0 saturated heterocycles. The molecule has 5 heteroatoms. The van der Waals surface area contributed by atoms with E-state index in [0.717, 1.165) is 16.3 Å². The molecule has 2 aromatic rings. The summed E-state index contributed by atoms with van der Waals surface area (Å²) in [6.07, 6.45) is 3.52. The van der Waals surface area contributed by atoms with Crippen LogP contribution in [0.25, 0.3) is 10.6 Å². The molecule has 0 unspecified atom stereocenters. The maximum Gasteiger partial charge on any atom is 0.222 e. The number of nitrogens with zero attached hydrogens (tertiary/aromatic N) is 2. The van der Waals surface area contributed by atoms with E-state index in [2.05, 4.69) is 15.3 Å². The predicted molar refractivity (Wildman–Crippen MR) is 72.0 cm³/mol. The van der Waals surface area contributed by atoms with Gasteiger partial charge in [0.15, 0.2) is 0 Å². The van der Waals surface area contributed by atoms with Crippen molar-refractivity contribution in [2.75, 3.05) is 0 Å². The van der Waals surface area contributed by atoms with Crippen LogP contribution in [0.3, 0.4) is 0 Å². The van der Waals surface area contributed by atoms with Crippen molar-refractivity contribution >= 4 is 17.2 Å². The molecule has 0 spiro atoms. The highest BCUT2D eigenvalue weighted by Gasteiger charge is 2.08. The van der Waals surface area contributed by atoms with Crippen LogP contribution in [-0.2, 0) is 11.3 Å². The number of rotatable bonds is 4. The lowest BCUT2D eigenvalue weighted by Crippen LogP contribution is -2.27. The maximum atomic E-state index is 11.4. The zero-order chi connectivity index (χ0) is 13.0. The van der Waals surface area contributed by atoms with Crippen LogP contribution in [0.1, 0.15) is 19.5 Å². The Balaban J connectivity index is 2.01. The summed E-state index contributed by atoms with van der Waals surface area (Å²) >= 11 is 1.56. The first kappa shape index (κ1) is 12.7. The van der Waals surface area contributed by atoms with E-state index in [9.17, 15) is 4.79 Å². The van der Waals surface area contributed by atoms with Gasteiger partial charge in [0.25, 0.3) is 0 Å². The van der Waals surface area contributed by atoms with Crippen molar-refractivity contribution < 1.29 is 4.79 Å². The molecule has 2 aromatic heterocycles. The Kier molecular flexibility index (Phi) is 4.04. The number of hydrogen-bond donors (Lipinski definition) is 1. The van der Waals surface area contributed by atoms with Crippen LogP contribution in [-0.4, -0.2) is 15.9 Å². The molecule has 2 rings (SSSR count). The van der Waals surface area contributed by atoms with Gasteiger partial charge in [0.2, 0.25) is 5.91 Å². The fourth-order valence-corrected chi connectivity index (χ4v) is 2.20. The molecule has 0 fully saturated rings. The van der Waals surface area contributed by atoms with Gasteiger partial charge in [-0.2, -0.15) is 0 Å². The highest BCUT2D eigenvalue weighted by atomic mass is 32.1. The average Bonchev–Trinajstić information content (AvgIpc) is 2.85. The molecule has 0 bridgehead atoms. The summed E-state index contributed by atoms with van der Waals surface area (Å²) in [4.78, 5) is 20.0. The SMILES string of the molecule is CC(C)C(=O)NCc1csc(-c2cccnc2)n1. The van der Waals surface area contributed by atoms with Crippen molar-refractivity contribution in [3.8, 4) is 10.6 Å². The van der Waals surface area contributed by atoms with E-state index in [4.69, 9.17) is 0 Å². The van der Waals surface area contributed by atoms with Gasteiger partial charge in [-0.25, -0.2) is 4.98 Å². The van der Waals surface area contributed by atoms with E-state index in [-0.39, 0.29) is 11.8 Å². The Hall–Kier alpha value is -1.75. The normalized spacial score (nSPS) is 10.6. The standard InChI is InChI=1S/C13H15N3OS/c1-9(2)12(17)15-7-11-8-18-13(16-11)10-4-3-5-14-6-10/h3-6,8-9H,7H2,1-2H3,(H,15,17). The first-order valence-electron chi connectivity index (χ1n) is 5.79. The first-order valence-corrected chi connectivity index (χ1v) is 6.67. The fourth-order valence-electron chi connectivity index (χ4n) is 1.39. The number of nitrogens with one attached hydrogen (secondary N) is 1. The van der Waals surface area contributed by atoms with Crippen LogP contribution in [0, 0.1) is 5.92 Å². The summed E-state index contributed by atoms with van der Waals surface area (Å²) in [5, 5.41) is 5.74. The second-order valence-corrected chi connectivity index (χ2v) is 5.12. The number of carbonyl (C=O) groups excluding carboxylic acids is 1. The number of thiazole rings is 1. The number of pyridine rings is 1. The molecule has 0 aliphatic heterocycles. The second-order valence-electron chi connectivity index (χ2n) is 4.26. The van der Waals surface area contributed by atoms with Crippen molar-refractivity contribution in [1.29, 1.82) is 0 Å². The molecule has 0 aromatic carbocycles. The van der Waals surface area contributed by atoms with Crippen molar-refractivity contribution in [2.24, 2.45) is 5.92 Å². The van der Waals surface area contributed by atoms with E-state index in [1.54, 1.807) is 23.7 Å². The minimum absolute atomic E-state index is 0.00132. The lowest BCUT2D eigenvalue weighted by molar-refractivity contribution is -0.124. The van der Waals surface area contributed by atoms with Crippen LogP contribution < -0.4 is 5.32 Å². The molecule has 94 valence electrons. The lowest BCUT2D eigenvalue weighted by atomic mass is 10.2. The fraction of sp³-hybridized carbons (Fsp3) is 0.308. The molecule has 0 atom stereocenters. The van der Waals surface area contributed by atoms with Gasteiger partial charge in [-0.05, 0) is 12.1 Å². The molecule has 1 amide bonds. The van der Waals surface area contributed by atoms with Crippen LogP contribution in [0.5, 0.6) is 0 Å². The number of hydrogen-bond acceptors (Lipinski definition) is 4. The van der Waals surface area contributed by atoms with Gasteiger partial charge in [0, 0.05) is 29.3 Å². The summed E-state index contributed by atoms with van der Waals surface area (Å²) in [5.41, 5.74) is 1.89. The summed E-state index contributed by atoms with van der Waals surface area (Å²) in [5.74, 6) is 0.0485. The van der Waals surface area contributed by atoms with E-state index in [0.29, 0.717) is 6.54 Å². The van der Waals surface area contributed by atoms with Gasteiger partial charge < -0.3 is 5.32 Å². The quantitative estimate of drug-likeness (QED) is 0.920. The molecule has 18 heavy (non-hydrogen) atoms. The molecule has 0 radical (unpaired) electrons. The second kappa shape index (κ2) is 5.73. The summed E-state index contributed by atoms with van der Waals surface area (Å²) in [7, 11) is 0. The van der Waals surface area contributed by atoms with Crippen molar-refractivity contribution in [1.82, 2.24) is 15.3 Å². The smallest absolute Gasteiger partial charge is 0.222 e. The molecule has 2 heterocycles. The Labute approximate surface area is 110 Å². The molecule has 0 saturated carbocycles. The Morgan fingerprint density at radius 1 is 1.50 bits per heavy atom. The monoisotopic (exact) mass is 261 g/mol. The van der Waals surface area contributed by atoms with E-state index < -0.39 is 0 Å². The molecular weight excluding hydrogens is 246 g/mol. The average molecular weight is 261 g/mol. The van der Waals surface area contributed by atoms with Gasteiger partial charge >= 0.3 is 0 Å². The van der Waals surface area contributed by atoms with Gasteiger partial charge in [0.05, 0.1) is 12.2 Å². The van der Waals surface area contributed by atoms with Crippen molar-refractivity contribution in [3.05, 3.63) is 35.6 Å². The predicted octanol–water partition coefficient (Wildman–Crippen LogP) is 2.48. The van der Waals surface area contributed by atoms with E-state index in [1.807, 2.05) is 31.4 Å². The molecule has 4 nitrogen and oxygen atoms in total.